The highest BCUT2D eigenvalue weighted by Crippen LogP contribution is 2.23. The molecule has 0 spiro atoms. The van der Waals surface area contributed by atoms with Gasteiger partial charge in [0.05, 0.1) is 7.11 Å². The fourth-order valence-electron chi connectivity index (χ4n) is 2.81. The van der Waals surface area contributed by atoms with Crippen molar-refractivity contribution in [3.05, 3.63) is 29.3 Å². The number of nitrogens with two attached hydrogens (primary N) is 1. The van der Waals surface area contributed by atoms with Crippen LogP contribution >= 0.6 is 0 Å². The van der Waals surface area contributed by atoms with Crippen LogP contribution in [0.1, 0.15) is 37.3 Å². The van der Waals surface area contributed by atoms with Gasteiger partial charge in [-0.1, -0.05) is 18.6 Å². The quantitative estimate of drug-likeness (QED) is 0.886. The Bertz CT molecular complexity index is 398. The second-order valence-electron chi connectivity index (χ2n) is 5.66. The Morgan fingerprint density at radius 3 is 2.63 bits per heavy atom. The second kappa shape index (κ2) is 6.92. The van der Waals surface area contributed by atoms with E-state index in [4.69, 9.17) is 10.5 Å². The number of ether oxygens (including phenoxy) is 1. The number of benzene rings is 1. The van der Waals surface area contributed by atoms with Crippen LogP contribution in [0.5, 0.6) is 5.75 Å². The third-order valence-corrected chi connectivity index (χ3v) is 3.75. The summed E-state index contributed by atoms with van der Waals surface area (Å²) in [5.41, 5.74) is 8.49. The lowest BCUT2D eigenvalue weighted by atomic mass is 10.0. The lowest BCUT2D eigenvalue weighted by molar-refractivity contribution is 0.218. The lowest BCUT2D eigenvalue weighted by Crippen LogP contribution is -2.29. The van der Waals surface area contributed by atoms with Crippen LogP contribution in [0, 0.1) is 0 Å². The minimum absolute atomic E-state index is 0.205. The molecule has 0 aromatic heterocycles. The van der Waals surface area contributed by atoms with Crippen molar-refractivity contribution in [2.45, 2.75) is 45.2 Å². The van der Waals surface area contributed by atoms with Gasteiger partial charge in [-0.15, -0.1) is 0 Å². The standard InChI is InChI=1S/C16H26N2O/c1-13(17)10-14-6-7-16(19-2)15(11-14)12-18-8-4-3-5-9-18/h6-7,11,13H,3-5,8-10,12,17H2,1-2H3. The van der Waals surface area contributed by atoms with Crippen LogP contribution in [0.4, 0.5) is 0 Å². The summed E-state index contributed by atoms with van der Waals surface area (Å²) >= 11 is 0. The largest absolute Gasteiger partial charge is 0.496 e. The van der Waals surface area contributed by atoms with Crippen molar-refractivity contribution in [3.8, 4) is 5.75 Å². The van der Waals surface area contributed by atoms with E-state index in [1.54, 1.807) is 7.11 Å². The first-order valence-electron chi connectivity index (χ1n) is 7.33. The fourth-order valence-corrected chi connectivity index (χ4v) is 2.81. The molecule has 0 amide bonds. The normalized spacial score (nSPS) is 18.3. The Morgan fingerprint density at radius 2 is 2.00 bits per heavy atom. The van der Waals surface area contributed by atoms with E-state index in [1.165, 1.54) is 43.5 Å². The predicted octanol–water partition coefficient (Wildman–Crippen LogP) is 2.57. The number of piperidine rings is 1. The molecular weight excluding hydrogens is 236 g/mol. The molecule has 0 radical (unpaired) electrons. The molecule has 106 valence electrons. The summed E-state index contributed by atoms with van der Waals surface area (Å²) in [4.78, 5) is 2.52. The molecule has 3 nitrogen and oxygen atoms in total. The minimum atomic E-state index is 0.205. The van der Waals surface area contributed by atoms with Gasteiger partial charge in [-0.3, -0.25) is 4.90 Å². The molecule has 1 unspecified atom stereocenters. The van der Waals surface area contributed by atoms with Crippen LogP contribution in [0.3, 0.4) is 0 Å². The van der Waals surface area contributed by atoms with Crippen LogP contribution in [0.2, 0.25) is 0 Å². The molecule has 0 bridgehead atoms. The Kier molecular flexibility index (Phi) is 5.23. The molecule has 1 aliphatic rings. The van der Waals surface area contributed by atoms with Crippen LogP contribution in [0.15, 0.2) is 18.2 Å². The van der Waals surface area contributed by atoms with Crippen molar-refractivity contribution < 1.29 is 4.74 Å². The van der Waals surface area contributed by atoms with E-state index in [1.807, 2.05) is 0 Å². The van der Waals surface area contributed by atoms with Gasteiger partial charge >= 0.3 is 0 Å². The molecule has 1 fully saturated rings. The van der Waals surface area contributed by atoms with Crippen LogP contribution in [0.25, 0.3) is 0 Å². The molecule has 1 aromatic carbocycles. The Balaban J connectivity index is 2.10. The second-order valence-corrected chi connectivity index (χ2v) is 5.66. The molecule has 2 rings (SSSR count). The smallest absolute Gasteiger partial charge is 0.123 e. The van der Waals surface area contributed by atoms with Crippen molar-refractivity contribution >= 4 is 0 Å². The molecule has 1 atom stereocenters. The highest BCUT2D eigenvalue weighted by atomic mass is 16.5. The van der Waals surface area contributed by atoms with E-state index in [9.17, 15) is 0 Å². The van der Waals surface area contributed by atoms with Gasteiger partial charge in [0.2, 0.25) is 0 Å². The third-order valence-electron chi connectivity index (χ3n) is 3.75. The maximum Gasteiger partial charge on any atom is 0.123 e. The van der Waals surface area contributed by atoms with Crippen LogP contribution in [-0.4, -0.2) is 31.1 Å². The number of nitrogens with zero attached hydrogens (tertiary/aromatic N) is 1. The van der Waals surface area contributed by atoms with Crippen molar-refractivity contribution in [3.63, 3.8) is 0 Å². The van der Waals surface area contributed by atoms with Gasteiger partial charge in [-0.25, -0.2) is 0 Å². The zero-order valence-corrected chi connectivity index (χ0v) is 12.2. The van der Waals surface area contributed by atoms with Gasteiger partial charge in [0.15, 0.2) is 0 Å². The average molecular weight is 262 g/mol. The molecule has 1 aromatic rings. The maximum atomic E-state index is 5.89. The van der Waals surface area contributed by atoms with Gasteiger partial charge < -0.3 is 10.5 Å². The zero-order chi connectivity index (χ0) is 13.7. The predicted molar refractivity (Wildman–Crippen MR) is 79.5 cm³/mol. The first-order chi connectivity index (χ1) is 9.19. The van der Waals surface area contributed by atoms with Crippen molar-refractivity contribution in [1.29, 1.82) is 0 Å². The summed E-state index contributed by atoms with van der Waals surface area (Å²) in [5, 5.41) is 0. The number of methoxy groups -OCH3 is 1. The molecule has 1 saturated heterocycles. The summed E-state index contributed by atoms with van der Waals surface area (Å²) < 4.78 is 5.49. The van der Waals surface area contributed by atoms with E-state index in [0.717, 1.165) is 18.7 Å². The van der Waals surface area contributed by atoms with Crippen molar-refractivity contribution in [1.82, 2.24) is 4.90 Å². The van der Waals surface area contributed by atoms with Gasteiger partial charge in [-0.05, 0) is 50.9 Å². The Hall–Kier alpha value is -1.06. The van der Waals surface area contributed by atoms with E-state index in [2.05, 4.69) is 30.0 Å². The number of likely N-dealkylation sites (tertiary alicyclic amines) is 1. The lowest BCUT2D eigenvalue weighted by Gasteiger charge is -2.27. The summed E-state index contributed by atoms with van der Waals surface area (Å²) in [7, 11) is 1.75. The molecule has 1 aliphatic heterocycles. The minimum Gasteiger partial charge on any atom is -0.496 e. The van der Waals surface area contributed by atoms with Crippen LogP contribution in [-0.2, 0) is 13.0 Å². The number of hydrogen-bond acceptors (Lipinski definition) is 3. The van der Waals surface area contributed by atoms with Gasteiger partial charge in [0.25, 0.3) is 0 Å². The zero-order valence-electron chi connectivity index (χ0n) is 12.2. The highest BCUT2D eigenvalue weighted by molar-refractivity contribution is 5.37. The monoisotopic (exact) mass is 262 g/mol. The van der Waals surface area contributed by atoms with E-state index < -0.39 is 0 Å². The van der Waals surface area contributed by atoms with Crippen molar-refractivity contribution in [2.24, 2.45) is 5.73 Å². The van der Waals surface area contributed by atoms with Crippen molar-refractivity contribution in [2.75, 3.05) is 20.2 Å². The molecule has 0 aliphatic carbocycles. The molecule has 0 saturated carbocycles. The molecule has 1 heterocycles. The summed E-state index contributed by atoms with van der Waals surface area (Å²) in [5.74, 6) is 0.999. The molecule has 2 N–H and O–H groups in total. The molecule has 3 heteroatoms. The first kappa shape index (κ1) is 14.4. The first-order valence-corrected chi connectivity index (χ1v) is 7.33. The summed E-state index contributed by atoms with van der Waals surface area (Å²) in [6, 6.07) is 6.67. The topological polar surface area (TPSA) is 38.5 Å². The van der Waals surface area contributed by atoms with Crippen LogP contribution < -0.4 is 10.5 Å². The Morgan fingerprint density at radius 1 is 1.26 bits per heavy atom. The highest BCUT2D eigenvalue weighted by Gasteiger charge is 2.13. The summed E-state index contributed by atoms with van der Waals surface area (Å²) in [6.07, 6.45) is 4.94. The Labute approximate surface area is 116 Å². The SMILES string of the molecule is COc1ccc(CC(C)N)cc1CN1CCCCC1. The number of hydrogen-bond donors (Lipinski definition) is 1. The van der Waals surface area contributed by atoms with E-state index >= 15 is 0 Å². The van der Waals surface area contributed by atoms with Gasteiger partial charge in [0, 0.05) is 18.2 Å². The molecular formula is C16H26N2O. The fraction of sp³-hybridized carbons (Fsp3) is 0.625. The van der Waals surface area contributed by atoms with E-state index in [-0.39, 0.29) is 6.04 Å². The van der Waals surface area contributed by atoms with Gasteiger partial charge in [0.1, 0.15) is 5.75 Å². The van der Waals surface area contributed by atoms with Gasteiger partial charge in [-0.2, -0.15) is 0 Å². The maximum absolute atomic E-state index is 5.89. The third kappa shape index (κ3) is 4.22. The number of rotatable bonds is 5. The summed E-state index contributed by atoms with van der Waals surface area (Å²) in [6.45, 7) is 5.46. The molecule has 19 heavy (non-hydrogen) atoms. The average Bonchev–Trinajstić information content (AvgIpc) is 2.39. The van der Waals surface area contributed by atoms with E-state index in [0.29, 0.717) is 0 Å².